The fourth-order valence-electron chi connectivity index (χ4n) is 1.80. The summed E-state index contributed by atoms with van der Waals surface area (Å²) in [6.45, 7) is 1.67. The number of aromatic hydroxyl groups is 1. The third-order valence-corrected chi connectivity index (χ3v) is 2.76. The zero-order valence-electron chi connectivity index (χ0n) is 9.85. The van der Waals surface area contributed by atoms with E-state index in [0.717, 1.165) is 6.07 Å². The second-order valence-electron chi connectivity index (χ2n) is 3.66. The van der Waals surface area contributed by atoms with E-state index in [0.29, 0.717) is 11.4 Å². The van der Waals surface area contributed by atoms with Crippen molar-refractivity contribution in [1.82, 2.24) is 9.55 Å². The summed E-state index contributed by atoms with van der Waals surface area (Å²) in [7, 11) is 1.43. The third-order valence-electron chi connectivity index (χ3n) is 2.55. The summed E-state index contributed by atoms with van der Waals surface area (Å²) in [5.74, 6) is 0.0685. The van der Waals surface area contributed by atoms with Crippen LogP contribution in [-0.4, -0.2) is 21.8 Å². The van der Waals surface area contributed by atoms with Crippen LogP contribution in [0.25, 0.3) is 5.69 Å². The highest BCUT2D eigenvalue weighted by atomic mass is 35.5. The van der Waals surface area contributed by atoms with Crippen molar-refractivity contribution in [2.75, 3.05) is 7.11 Å². The topological polar surface area (TPSA) is 64.3 Å². The average Bonchev–Trinajstić information content (AvgIpc) is 2.28. The van der Waals surface area contributed by atoms with Gasteiger partial charge in [-0.25, -0.2) is 4.98 Å². The molecule has 0 aliphatic carbocycles. The van der Waals surface area contributed by atoms with Crippen molar-refractivity contribution in [3.8, 4) is 17.2 Å². The Balaban J connectivity index is 2.76. The molecular formula is C12H11ClN2O3. The SMILES string of the molecule is COc1c(O)cc(=O)n(-c2ccnc(Cl)c2)c1C. The van der Waals surface area contributed by atoms with Gasteiger partial charge in [-0.05, 0) is 19.1 Å². The van der Waals surface area contributed by atoms with Crippen molar-refractivity contribution < 1.29 is 9.84 Å². The lowest BCUT2D eigenvalue weighted by atomic mass is 10.2. The molecule has 0 atom stereocenters. The molecule has 94 valence electrons. The van der Waals surface area contributed by atoms with E-state index in [-0.39, 0.29) is 22.2 Å². The first kappa shape index (κ1) is 12.4. The Bertz CT molecular complexity index is 652. The molecule has 0 bridgehead atoms. The monoisotopic (exact) mass is 266 g/mol. The lowest BCUT2D eigenvalue weighted by molar-refractivity contribution is 0.366. The number of nitrogens with zero attached hydrogens (tertiary/aromatic N) is 2. The predicted molar refractivity (Wildman–Crippen MR) is 67.8 cm³/mol. The van der Waals surface area contributed by atoms with Crippen LogP contribution < -0.4 is 10.3 Å². The molecule has 0 radical (unpaired) electrons. The number of hydrogen-bond acceptors (Lipinski definition) is 4. The van der Waals surface area contributed by atoms with Gasteiger partial charge in [0.1, 0.15) is 5.15 Å². The number of halogens is 1. The van der Waals surface area contributed by atoms with Gasteiger partial charge < -0.3 is 9.84 Å². The summed E-state index contributed by atoms with van der Waals surface area (Å²) in [4.78, 5) is 15.8. The molecule has 0 amide bonds. The molecule has 2 aromatic rings. The van der Waals surface area contributed by atoms with Gasteiger partial charge in [-0.1, -0.05) is 11.6 Å². The minimum absolute atomic E-state index is 0.184. The normalized spacial score (nSPS) is 10.4. The van der Waals surface area contributed by atoms with E-state index in [4.69, 9.17) is 16.3 Å². The first-order valence-corrected chi connectivity index (χ1v) is 5.54. The molecule has 0 fully saturated rings. The minimum Gasteiger partial charge on any atom is -0.504 e. The number of aromatic nitrogens is 2. The van der Waals surface area contributed by atoms with Gasteiger partial charge in [-0.3, -0.25) is 9.36 Å². The van der Waals surface area contributed by atoms with Gasteiger partial charge >= 0.3 is 0 Å². The molecule has 1 N–H and O–H groups in total. The van der Waals surface area contributed by atoms with Crippen molar-refractivity contribution >= 4 is 11.6 Å². The highest BCUT2D eigenvalue weighted by Crippen LogP contribution is 2.28. The van der Waals surface area contributed by atoms with Crippen LogP contribution in [0.15, 0.2) is 29.2 Å². The second kappa shape index (κ2) is 4.70. The van der Waals surface area contributed by atoms with Crippen molar-refractivity contribution in [1.29, 1.82) is 0 Å². The van der Waals surface area contributed by atoms with E-state index in [2.05, 4.69) is 4.98 Å². The van der Waals surface area contributed by atoms with Gasteiger partial charge in [-0.15, -0.1) is 0 Å². The fourth-order valence-corrected chi connectivity index (χ4v) is 1.97. The van der Waals surface area contributed by atoms with Gasteiger partial charge in [0.05, 0.1) is 18.5 Å². The molecule has 6 heteroatoms. The van der Waals surface area contributed by atoms with E-state index < -0.39 is 0 Å². The highest BCUT2D eigenvalue weighted by Gasteiger charge is 2.13. The van der Waals surface area contributed by atoms with Crippen LogP contribution in [0.2, 0.25) is 5.15 Å². The van der Waals surface area contributed by atoms with Crippen molar-refractivity contribution in [3.63, 3.8) is 0 Å². The first-order valence-electron chi connectivity index (χ1n) is 5.16. The summed E-state index contributed by atoms with van der Waals surface area (Å²) in [6.07, 6.45) is 1.50. The Hall–Kier alpha value is -2.01. The Morgan fingerprint density at radius 1 is 1.44 bits per heavy atom. The first-order chi connectivity index (χ1) is 8.54. The van der Waals surface area contributed by atoms with Crippen LogP contribution in [0.3, 0.4) is 0 Å². The number of hydrogen-bond donors (Lipinski definition) is 1. The molecule has 2 aromatic heterocycles. The van der Waals surface area contributed by atoms with Crippen LogP contribution in [0.5, 0.6) is 11.5 Å². The molecule has 0 saturated carbocycles. The molecule has 2 rings (SSSR count). The summed E-state index contributed by atoms with van der Waals surface area (Å²) in [5.41, 5.74) is 0.689. The number of methoxy groups -OCH3 is 1. The second-order valence-corrected chi connectivity index (χ2v) is 4.05. The van der Waals surface area contributed by atoms with Crippen LogP contribution in [0.4, 0.5) is 0 Å². The van der Waals surface area contributed by atoms with Gasteiger partial charge in [-0.2, -0.15) is 0 Å². The zero-order valence-corrected chi connectivity index (χ0v) is 10.6. The predicted octanol–water partition coefficient (Wildman–Crippen LogP) is 1.91. The van der Waals surface area contributed by atoms with E-state index in [9.17, 15) is 9.90 Å². The Morgan fingerprint density at radius 3 is 2.78 bits per heavy atom. The van der Waals surface area contributed by atoms with Crippen LogP contribution in [0.1, 0.15) is 5.69 Å². The van der Waals surface area contributed by atoms with Crippen molar-refractivity contribution in [3.05, 3.63) is 45.6 Å². The number of pyridine rings is 2. The van der Waals surface area contributed by atoms with Gasteiger partial charge in [0.15, 0.2) is 11.5 Å². The maximum absolute atomic E-state index is 11.9. The number of rotatable bonds is 2. The van der Waals surface area contributed by atoms with Gasteiger partial charge in [0, 0.05) is 12.3 Å². The molecule has 5 nitrogen and oxygen atoms in total. The lowest BCUT2D eigenvalue weighted by Gasteiger charge is -2.14. The van der Waals surface area contributed by atoms with E-state index in [1.54, 1.807) is 19.1 Å². The quantitative estimate of drug-likeness (QED) is 0.844. The maximum atomic E-state index is 11.9. The zero-order chi connectivity index (χ0) is 13.3. The molecule has 0 aliphatic rings. The van der Waals surface area contributed by atoms with Gasteiger partial charge in [0.25, 0.3) is 5.56 Å². The van der Waals surface area contributed by atoms with E-state index in [1.165, 1.54) is 17.9 Å². The molecule has 0 spiro atoms. The molecule has 0 aliphatic heterocycles. The maximum Gasteiger partial charge on any atom is 0.259 e. The van der Waals surface area contributed by atoms with E-state index in [1.807, 2.05) is 0 Å². The molecular weight excluding hydrogens is 256 g/mol. The Morgan fingerprint density at radius 2 is 2.17 bits per heavy atom. The summed E-state index contributed by atoms with van der Waals surface area (Å²) in [5, 5.41) is 9.90. The molecule has 0 saturated heterocycles. The molecule has 0 unspecified atom stereocenters. The Kier molecular flexibility index (Phi) is 3.25. The van der Waals surface area contributed by atoms with E-state index >= 15 is 0 Å². The minimum atomic E-state index is -0.368. The van der Waals surface area contributed by atoms with Crippen LogP contribution in [-0.2, 0) is 0 Å². The lowest BCUT2D eigenvalue weighted by Crippen LogP contribution is -2.20. The summed E-state index contributed by atoms with van der Waals surface area (Å²) in [6, 6.07) is 4.31. The fraction of sp³-hybridized carbons (Fsp3) is 0.167. The summed E-state index contributed by atoms with van der Waals surface area (Å²) >= 11 is 5.80. The third kappa shape index (κ3) is 2.04. The highest BCUT2D eigenvalue weighted by molar-refractivity contribution is 6.29. The smallest absolute Gasteiger partial charge is 0.259 e. The van der Waals surface area contributed by atoms with Crippen LogP contribution >= 0.6 is 11.6 Å². The van der Waals surface area contributed by atoms with Gasteiger partial charge in [0.2, 0.25) is 0 Å². The number of ether oxygens (including phenoxy) is 1. The molecule has 18 heavy (non-hydrogen) atoms. The van der Waals surface area contributed by atoms with Crippen LogP contribution in [0, 0.1) is 6.92 Å². The molecule has 0 aromatic carbocycles. The molecule has 2 heterocycles. The average molecular weight is 267 g/mol. The van der Waals surface area contributed by atoms with Crippen molar-refractivity contribution in [2.45, 2.75) is 6.92 Å². The summed E-state index contributed by atoms with van der Waals surface area (Å²) < 4.78 is 6.46. The standard InChI is InChI=1S/C12H11ClN2O3/c1-7-12(18-2)9(16)6-11(17)15(7)8-3-4-14-10(13)5-8/h3-6,16H,1-2H3. The van der Waals surface area contributed by atoms with Crippen molar-refractivity contribution in [2.24, 2.45) is 0 Å². The Labute approximate surface area is 108 Å². The largest absolute Gasteiger partial charge is 0.504 e.